The van der Waals surface area contributed by atoms with Gasteiger partial charge in [-0.05, 0) is 12.8 Å². The Morgan fingerprint density at radius 3 is 2.23 bits per heavy atom. The first-order valence-corrected chi connectivity index (χ1v) is 4.78. The minimum absolute atomic E-state index is 0.155. The highest BCUT2D eigenvalue weighted by molar-refractivity contribution is 6.05. The van der Waals surface area contributed by atoms with E-state index in [1.807, 2.05) is 0 Å². The zero-order valence-corrected chi connectivity index (χ0v) is 7.58. The number of hydrogen-bond acceptors (Lipinski definition) is 3. The predicted octanol–water partition coefficient (Wildman–Crippen LogP) is 0.569. The maximum Gasteiger partial charge on any atom is 0.250 e. The van der Waals surface area contributed by atoms with Crippen LogP contribution in [0.4, 0.5) is 0 Å². The molecule has 0 aromatic carbocycles. The van der Waals surface area contributed by atoms with E-state index in [1.54, 1.807) is 0 Å². The van der Waals surface area contributed by atoms with Gasteiger partial charge in [0, 0.05) is 6.42 Å². The third-order valence-electron chi connectivity index (χ3n) is 3.24. The molecule has 1 aliphatic carbocycles. The molecule has 2 amide bonds. The van der Waals surface area contributed by atoms with Crippen molar-refractivity contribution in [3.05, 3.63) is 0 Å². The number of amides is 2. The molecule has 13 heavy (non-hydrogen) atoms. The van der Waals surface area contributed by atoms with E-state index in [-0.39, 0.29) is 11.8 Å². The van der Waals surface area contributed by atoms with Crippen molar-refractivity contribution in [3.8, 4) is 0 Å². The lowest BCUT2D eigenvalue weighted by atomic mass is 9.73. The summed E-state index contributed by atoms with van der Waals surface area (Å²) >= 11 is 0. The summed E-state index contributed by atoms with van der Waals surface area (Å²) in [5.41, 5.74) is -0.413. The first-order chi connectivity index (χ1) is 6.16. The molecular weight excluding hydrogens is 168 g/mol. The molecule has 4 heteroatoms. The van der Waals surface area contributed by atoms with Gasteiger partial charge < -0.3 is 0 Å². The second-order valence-electron chi connectivity index (χ2n) is 4.09. The molecule has 0 aromatic rings. The van der Waals surface area contributed by atoms with Crippen molar-refractivity contribution < 1.29 is 9.59 Å². The van der Waals surface area contributed by atoms with Crippen LogP contribution in [-0.2, 0) is 9.59 Å². The zero-order valence-electron chi connectivity index (χ0n) is 7.58. The lowest BCUT2D eigenvalue weighted by molar-refractivity contribution is -0.142. The first-order valence-electron chi connectivity index (χ1n) is 4.78. The van der Waals surface area contributed by atoms with E-state index in [4.69, 9.17) is 5.84 Å². The molecule has 2 fully saturated rings. The molecule has 2 N–H and O–H groups in total. The van der Waals surface area contributed by atoms with Crippen LogP contribution in [0.15, 0.2) is 0 Å². The standard InChI is InChI=1S/C9H14N2O2/c10-11-7(12)6-9(8(11)13)4-2-1-3-5-9/h1-6,10H2. The zero-order chi connectivity index (χ0) is 9.47. The van der Waals surface area contributed by atoms with E-state index in [9.17, 15) is 9.59 Å². The van der Waals surface area contributed by atoms with Crippen LogP contribution < -0.4 is 5.84 Å². The number of imide groups is 1. The summed E-state index contributed by atoms with van der Waals surface area (Å²) in [6.07, 6.45) is 5.28. The van der Waals surface area contributed by atoms with Crippen molar-refractivity contribution in [1.82, 2.24) is 5.01 Å². The SMILES string of the molecule is NN1C(=O)CC2(CCCCC2)C1=O. The fraction of sp³-hybridized carbons (Fsp3) is 0.778. The molecule has 0 bridgehead atoms. The van der Waals surface area contributed by atoms with E-state index < -0.39 is 5.41 Å². The average molecular weight is 182 g/mol. The van der Waals surface area contributed by atoms with E-state index in [0.717, 1.165) is 30.7 Å². The Morgan fingerprint density at radius 2 is 1.77 bits per heavy atom. The van der Waals surface area contributed by atoms with Gasteiger partial charge in [-0.15, -0.1) is 0 Å². The number of carbonyl (C=O) groups excluding carboxylic acids is 2. The highest BCUT2D eigenvalue weighted by Gasteiger charge is 2.50. The molecule has 0 unspecified atom stereocenters. The smallest absolute Gasteiger partial charge is 0.250 e. The van der Waals surface area contributed by atoms with E-state index in [0.29, 0.717) is 6.42 Å². The Bertz CT molecular complexity index is 256. The van der Waals surface area contributed by atoms with Crippen molar-refractivity contribution in [2.75, 3.05) is 0 Å². The van der Waals surface area contributed by atoms with Crippen LogP contribution in [0, 0.1) is 5.41 Å². The molecule has 2 aliphatic rings. The molecule has 1 saturated heterocycles. The Kier molecular flexibility index (Phi) is 1.87. The molecule has 2 rings (SSSR count). The third kappa shape index (κ3) is 1.16. The number of rotatable bonds is 0. The highest BCUT2D eigenvalue weighted by Crippen LogP contribution is 2.44. The quantitative estimate of drug-likeness (QED) is 0.338. The van der Waals surface area contributed by atoms with E-state index >= 15 is 0 Å². The Balaban J connectivity index is 2.23. The topological polar surface area (TPSA) is 63.4 Å². The summed E-state index contributed by atoms with van der Waals surface area (Å²) in [7, 11) is 0. The van der Waals surface area contributed by atoms with Crippen molar-refractivity contribution in [2.24, 2.45) is 11.3 Å². The number of carbonyl (C=O) groups is 2. The van der Waals surface area contributed by atoms with Gasteiger partial charge in [0.15, 0.2) is 0 Å². The predicted molar refractivity (Wildman–Crippen MR) is 46.2 cm³/mol. The van der Waals surface area contributed by atoms with E-state index in [2.05, 4.69) is 0 Å². The maximum absolute atomic E-state index is 11.7. The summed E-state index contributed by atoms with van der Waals surface area (Å²) in [6.45, 7) is 0. The molecule has 1 aliphatic heterocycles. The molecule has 72 valence electrons. The van der Waals surface area contributed by atoms with Crippen molar-refractivity contribution in [2.45, 2.75) is 38.5 Å². The molecule has 1 heterocycles. The van der Waals surface area contributed by atoms with Gasteiger partial charge in [-0.1, -0.05) is 19.3 Å². The Labute approximate surface area is 77.0 Å². The van der Waals surface area contributed by atoms with Crippen LogP contribution in [0.5, 0.6) is 0 Å². The summed E-state index contributed by atoms with van der Waals surface area (Å²) in [5, 5.41) is 0.811. The van der Waals surface area contributed by atoms with Crippen molar-refractivity contribution in [1.29, 1.82) is 0 Å². The summed E-state index contributed by atoms with van der Waals surface area (Å²) in [6, 6.07) is 0. The normalized spacial score (nSPS) is 27.3. The molecular formula is C9H14N2O2. The van der Waals surface area contributed by atoms with Gasteiger partial charge in [0.2, 0.25) is 11.8 Å². The van der Waals surface area contributed by atoms with Crippen molar-refractivity contribution in [3.63, 3.8) is 0 Å². The number of nitrogens with two attached hydrogens (primary N) is 1. The number of nitrogens with zero attached hydrogens (tertiary/aromatic N) is 1. The van der Waals surface area contributed by atoms with Crippen LogP contribution in [0.3, 0.4) is 0 Å². The minimum atomic E-state index is -0.413. The summed E-state index contributed by atoms with van der Waals surface area (Å²) < 4.78 is 0. The lowest BCUT2D eigenvalue weighted by Gasteiger charge is -2.29. The molecule has 0 atom stereocenters. The second kappa shape index (κ2) is 2.80. The van der Waals surface area contributed by atoms with Gasteiger partial charge in [0.05, 0.1) is 5.41 Å². The van der Waals surface area contributed by atoms with Crippen LogP contribution in [0.2, 0.25) is 0 Å². The van der Waals surface area contributed by atoms with Crippen LogP contribution >= 0.6 is 0 Å². The number of hydrazine groups is 1. The van der Waals surface area contributed by atoms with Crippen molar-refractivity contribution >= 4 is 11.8 Å². The monoisotopic (exact) mass is 182 g/mol. The van der Waals surface area contributed by atoms with Gasteiger partial charge in [0.25, 0.3) is 0 Å². The van der Waals surface area contributed by atoms with E-state index in [1.165, 1.54) is 6.42 Å². The molecule has 0 aromatic heterocycles. The second-order valence-corrected chi connectivity index (χ2v) is 4.09. The molecule has 1 spiro atoms. The largest absolute Gasteiger partial charge is 0.273 e. The van der Waals surface area contributed by atoms with Gasteiger partial charge in [-0.2, -0.15) is 0 Å². The van der Waals surface area contributed by atoms with Gasteiger partial charge in [0.1, 0.15) is 0 Å². The Hall–Kier alpha value is -0.900. The van der Waals surface area contributed by atoms with Crippen LogP contribution in [0.1, 0.15) is 38.5 Å². The number of hydrogen-bond donors (Lipinski definition) is 1. The fourth-order valence-corrected chi connectivity index (χ4v) is 2.44. The summed E-state index contributed by atoms with van der Waals surface area (Å²) in [4.78, 5) is 22.9. The Morgan fingerprint density at radius 1 is 1.15 bits per heavy atom. The van der Waals surface area contributed by atoms with Crippen LogP contribution in [-0.4, -0.2) is 16.8 Å². The molecule has 1 saturated carbocycles. The third-order valence-corrected chi connectivity index (χ3v) is 3.24. The minimum Gasteiger partial charge on any atom is -0.273 e. The van der Waals surface area contributed by atoms with Gasteiger partial charge >= 0.3 is 0 Å². The maximum atomic E-state index is 11.7. The van der Waals surface area contributed by atoms with Gasteiger partial charge in [-0.25, -0.2) is 10.9 Å². The fourth-order valence-electron chi connectivity index (χ4n) is 2.44. The summed E-state index contributed by atoms with van der Waals surface area (Å²) in [5.74, 6) is 4.99. The average Bonchev–Trinajstić information content (AvgIpc) is 2.33. The molecule has 0 radical (unpaired) electrons. The van der Waals surface area contributed by atoms with Crippen LogP contribution in [0.25, 0.3) is 0 Å². The molecule has 4 nitrogen and oxygen atoms in total. The highest BCUT2D eigenvalue weighted by atomic mass is 16.2. The lowest BCUT2D eigenvalue weighted by Crippen LogP contribution is -2.41. The van der Waals surface area contributed by atoms with Gasteiger partial charge in [-0.3, -0.25) is 9.59 Å². The first kappa shape index (κ1) is 8.69.